The predicted octanol–water partition coefficient (Wildman–Crippen LogP) is 7.04. The highest BCUT2D eigenvalue weighted by Crippen LogP contribution is 2.47. The molecule has 0 saturated carbocycles. The fraction of sp³-hybridized carbons (Fsp3) is 0.417. The summed E-state index contributed by atoms with van der Waals surface area (Å²) in [5, 5.41) is 0. The van der Waals surface area contributed by atoms with E-state index in [9.17, 15) is 8.78 Å². The third kappa shape index (κ3) is 3.92. The SMILES string of the molecule is COc1ccc(F)c(-c2cc(F)c(CC(C)C)cc2C2=CCCC2(C)C)c1. The van der Waals surface area contributed by atoms with Crippen LogP contribution in [0.2, 0.25) is 0 Å². The average molecular weight is 370 g/mol. The van der Waals surface area contributed by atoms with E-state index in [1.54, 1.807) is 19.2 Å². The number of halogens is 2. The Balaban J connectivity index is 2.26. The van der Waals surface area contributed by atoms with Crippen molar-refractivity contribution >= 4 is 5.57 Å². The van der Waals surface area contributed by atoms with Gasteiger partial charge in [0.2, 0.25) is 0 Å². The molecule has 1 aliphatic carbocycles. The van der Waals surface area contributed by atoms with Gasteiger partial charge in [-0.1, -0.05) is 33.8 Å². The lowest BCUT2D eigenvalue weighted by Gasteiger charge is -2.26. The van der Waals surface area contributed by atoms with E-state index in [0.29, 0.717) is 34.8 Å². The van der Waals surface area contributed by atoms with Gasteiger partial charge < -0.3 is 4.74 Å². The molecule has 3 rings (SSSR count). The molecule has 0 N–H and O–H groups in total. The Bertz CT molecular complexity index is 878. The maximum absolute atomic E-state index is 14.9. The summed E-state index contributed by atoms with van der Waals surface area (Å²) in [6.07, 6.45) is 4.90. The maximum atomic E-state index is 14.9. The van der Waals surface area contributed by atoms with Crippen LogP contribution in [0.5, 0.6) is 5.75 Å². The van der Waals surface area contributed by atoms with Crippen LogP contribution in [-0.4, -0.2) is 7.11 Å². The van der Waals surface area contributed by atoms with Crippen LogP contribution in [-0.2, 0) is 6.42 Å². The van der Waals surface area contributed by atoms with Gasteiger partial charge in [0, 0.05) is 5.56 Å². The van der Waals surface area contributed by atoms with Crippen molar-refractivity contribution in [2.45, 2.75) is 47.0 Å². The molecule has 1 nitrogen and oxygen atoms in total. The van der Waals surface area contributed by atoms with E-state index < -0.39 is 0 Å². The molecule has 0 amide bonds. The van der Waals surface area contributed by atoms with Crippen molar-refractivity contribution in [1.29, 1.82) is 0 Å². The molecule has 3 heteroatoms. The van der Waals surface area contributed by atoms with Crippen molar-refractivity contribution in [2.75, 3.05) is 7.11 Å². The number of rotatable bonds is 5. The van der Waals surface area contributed by atoms with Crippen molar-refractivity contribution in [3.63, 3.8) is 0 Å². The van der Waals surface area contributed by atoms with Gasteiger partial charge in [0.05, 0.1) is 7.11 Å². The summed E-state index contributed by atoms with van der Waals surface area (Å²) in [6, 6.07) is 8.05. The van der Waals surface area contributed by atoms with Gasteiger partial charge in [-0.3, -0.25) is 0 Å². The Kier molecular flexibility index (Phi) is 5.41. The zero-order valence-electron chi connectivity index (χ0n) is 16.8. The van der Waals surface area contributed by atoms with Crippen molar-refractivity contribution in [3.8, 4) is 16.9 Å². The van der Waals surface area contributed by atoms with E-state index in [1.165, 1.54) is 17.7 Å². The lowest BCUT2D eigenvalue weighted by molar-refractivity contribution is 0.414. The molecule has 0 heterocycles. The second-order valence-corrected chi connectivity index (χ2v) is 8.47. The van der Waals surface area contributed by atoms with Crippen LogP contribution in [0.3, 0.4) is 0 Å². The van der Waals surface area contributed by atoms with E-state index in [1.807, 2.05) is 6.07 Å². The second-order valence-electron chi connectivity index (χ2n) is 8.47. The first-order valence-electron chi connectivity index (χ1n) is 9.60. The molecule has 0 aromatic heterocycles. The van der Waals surface area contributed by atoms with Crippen molar-refractivity contribution in [1.82, 2.24) is 0 Å². The van der Waals surface area contributed by atoms with Gasteiger partial charge in [-0.25, -0.2) is 8.78 Å². The molecule has 0 unspecified atom stereocenters. The molecule has 1 aliphatic rings. The summed E-state index contributed by atoms with van der Waals surface area (Å²) in [4.78, 5) is 0. The molecule has 0 radical (unpaired) electrons. The molecule has 0 aliphatic heterocycles. The van der Waals surface area contributed by atoms with E-state index in [2.05, 4.69) is 33.8 Å². The van der Waals surface area contributed by atoms with E-state index >= 15 is 0 Å². The minimum absolute atomic E-state index is 0.0168. The van der Waals surface area contributed by atoms with Crippen LogP contribution in [0, 0.1) is 23.0 Å². The first-order chi connectivity index (χ1) is 12.7. The van der Waals surface area contributed by atoms with Gasteiger partial charge in [0.25, 0.3) is 0 Å². The number of hydrogen-bond donors (Lipinski definition) is 0. The molecule has 0 bridgehead atoms. The van der Waals surface area contributed by atoms with Crippen LogP contribution in [0.25, 0.3) is 16.7 Å². The normalized spacial score (nSPS) is 15.9. The fourth-order valence-corrected chi connectivity index (χ4v) is 3.96. The zero-order valence-corrected chi connectivity index (χ0v) is 16.8. The lowest BCUT2D eigenvalue weighted by atomic mass is 9.78. The number of hydrogen-bond acceptors (Lipinski definition) is 1. The molecular weight excluding hydrogens is 342 g/mol. The summed E-state index contributed by atoms with van der Waals surface area (Å²) < 4.78 is 34.9. The lowest BCUT2D eigenvalue weighted by Crippen LogP contribution is -2.11. The Labute approximate surface area is 161 Å². The highest BCUT2D eigenvalue weighted by Gasteiger charge is 2.31. The molecule has 0 saturated heterocycles. The molecule has 0 atom stereocenters. The summed E-state index contributed by atoms with van der Waals surface area (Å²) in [7, 11) is 1.55. The van der Waals surface area contributed by atoms with Crippen LogP contribution >= 0.6 is 0 Å². The minimum Gasteiger partial charge on any atom is -0.497 e. The van der Waals surface area contributed by atoms with Crippen LogP contribution in [0.4, 0.5) is 8.78 Å². The Morgan fingerprint density at radius 2 is 1.74 bits per heavy atom. The molecular formula is C24H28F2O. The first-order valence-corrected chi connectivity index (χ1v) is 9.60. The van der Waals surface area contributed by atoms with Crippen LogP contribution < -0.4 is 4.74 Å². The topological polar surface area (TPSA) is 9.23 Å². The van der Waals surface area contributed by atoms with Gasteiger partial charge in [-0.2, -0.15) is 0 Å². The summed E-state index contributed by atoms with van der Waals surface area (Å²) in [5.41, 5.74) is 3.75. The first kappa shape index (κ1) is 19.6. The third-order valence-corrected chi connectivity index (χ3v) is 5.42. The van der Waals surface area contributed by atoms with E-state index in [0.717, 1.165) is 18.4 Å². The number of benzene rings is 2. The molecule has 2 aromatic carbocycles. The standard InChI is InChI=1S/C24H28F2O/c1-15(2)11-16-12-19(21-7-6-10-24(21,3)4)18(14-23(16)26)20-13-17(27-5)8-9-22(20)25/h7-9,12-15H,6,10-11H2,1-5H3. The maximum Gasteiger partial charge on any atom is 0.131 e. The summed E-state index contributed by atoms with van der Waals surface area (Å²) in [5.74, 6) is 0.256. The zero-order chi connectivity index (χ0) is 19.8. The predicted molar refractivity (Wildman–Crippen MR) is 108 cm³/mol. The number of methoxy groups -OCH3 is 1. The average Bonchev–Trinajstić information content (AvgIpc) is 2.95. The van der Waals surface area contributed by atoms with Gasteiger partial charge in [0.1, 0.15) is 17.4 Å². The van der Waals surface area contributed by atoms with Gasteiger partial charge >= 0.3 is 0 Å². The third-order valence-electron chi connectivity index (χ3n) is 5.42. The van der Waals surface area contributed by atoms with Gasteiger partial charge in [-0.15, -0.1) is 0 Å². The molecule has 0 spiro atoms. The smallest absolute Gasteiger partial charge is 0.131 e. The summed E-state index contributed by atoms with van der Waals surface area (Å²) in [6.45, 7) is 8.55. The Morgan fingerprint density at radius 3 is 2.33 bits per heavy atom. The van der Waals surface area contributed by atoms with Crippen LogP contribution in [0.15, 0.2) is 36.4 Å². The van der Waals surface area contributed by atoms with E-state index in [-0.39, 0.29) is 17.0 Å². The second kappa shape index (κ2) is 7.46. The largest absolute Gasteiger partial charge is 0.497 e. The quantitative estimate of drug-likeness (QED) is 0.548. The molecule has 0 fully saturated rings. The molecule has 27 heavy (non-hydrogen) atoms. The molecule has 144 valence electrons. The van der Waals surface area contributed by atoms with E-state index in [4.69, 9.17) is 4.74 Å². The molecule has 2 aromatic rings. The Morgan fingerprint density at radius 1 is 1.00 bits per heavy atom. The van der Waals surface area contributed by atoms with Gasteiger partial charge in [-0.05, 0) is 83.2 Å². The van der Waals surface area contributed by atoms with Gasteiger partial charge in [0.15, 0.2) is 0 Å². The highest BCUT2D eigenvalue weighted by molar-refractivity contribution is 5.85. The van der Waals surface area contributed by atoms with Crippen molar-refractivity contribution in [2.24, 2.45) is 11.3 Å². The summed E-state index contributed by atoms with van der Waals surface area (Å²) >= 11 is 0. The van der Waals surface area contributed by atoms with Crippen molar-refractivity contribution in [3.05, 3.63) is 59.2 Å². The van der Waals surface area contributed by atoms with Crippen molar-refractivity contribution < 1.29 is 13.5 Å². The fourth-order valence-electron chi connectivity index (χ4n) is 3.96. The Hall–Kier alpha value is -2.16. The minimum atomic E-state index is -0.371. The monoisotopic (exact) mass is 370 g/mol. The van der Waals surface area contributed by atoms with Crippen LogP contribution in [0.1, 0.15) is 51.7 Å². The number of allylic oxidation sites excluding steroid dienone is 2. The highest BCUT2D eigenvalue weighted by atomic mass is 19.1. The number of ether oxygens (including phenoxy) is 1.